The fourth-order valence-electron chi connectivity index (χ4n) is 9.20. The van der Waals surface area contributed by atoms with Gasteiger partial charge in [-0.05, 0) is 130 Å². The molecule has 18 heteroatoms. The molecule has 0 atom stereocenters. The van der Waals surface area contributed by atoms with Gasteiger partial charge in [0.05, 0.1) is 56.7 Å². The van der Waals surface area contributed by atoms with Crippen LogP contribution in [0.4, 0.5) is 0 Å². The SMILES string of the molecule is O=C(O)c1ccc(COc2cc(Cn3c(-c4cnc(-c5nc6ccccc6n5Cc5cc(OCc6ccc(C(=O)O)cc6)cc(OCc6ccc(C(=O)O)cc6)c5)cn4)nc4ccccc43)cc(OCc3ccc(C(=O)O)cc3)c2)cc1. The van der Waals surface area contributed by atoms with Gasteiger partial charge in [-0.1, -0.05) is 72.8 Å². The molecule has 4 N–H and O–H groups in total. The highest BCUT2D eigenvalue weighted by Crippen LogP contribution is 2.33. The molecule has 18 nitrogen and oxygen atoms in total. The first-order chi connectivity index (χ1) is 39.8. The third-order valence-corrected chi connectivity index (χ3v) is 13.4. The average Bonchev–Trinajstić information content (AvgIpc) is 4.17. The third kappa shape index (κ3) is 12.3. The van der Waals surface area contributed by atoms with Crippen molar-refractivity contribution >= 4 is 45.9 Å². The van der Waals surface area contributed by atoms with Gasteiger partial charge in [0.15, 0.2) is 11.6 Å². The summed E-state index contributed by atoms with van der Waals surface area (Å²) < 4.78 is 29.3. The van der Waals surface area contributed by atoms with Crippen molar-refractivity contribution in [3.8, 4) is 46.0 Å². The topological polar surface area (TPSA) is 248 Å². The molecule has 8 aromatic carbocycles. The molecule has 82 heavy (non-hydrogen) atoms. The van der Waals surface area contributed by atoms with Crippen molar-refractivity contribution < 1.29 is 58.6 Å². The number of para-hydroxylation sites is 4. The van der Waals surface area contributed by atoms with Crippen LogP contribution in [0.15, 0.2) is 194 Å². The summed E-state index contributed by atoms with van der Waals surface area (Å²) in [6, 6.07) is 52.4. The van der Waals surface area contributed by atoms with Gasteiger partial charge in [-0.15, -0.1) is 0 Å². The van der Waals surface area contributed by atoms with Crippen molar-refractivity contribution in [3.63, 3.8) is 0 Å². The Labute approximate surface area is 467 Å². The Morgan fingerprint density at radius 1 is 0.354 bits per heavy atom. The van der Waals surface area contributed by atoms with E-state index in [0.29, 0.717) is 59.1 Å². The molecule has 0 spiro atoms. The van der Waals surface area contributed by atoms with Crippen LogP contribution in [-0.2, 0) is 39.5 Å². The lowest BCUT2D eigenvalue weighted by Gasteiger charge is -2.15. The van der Waals surface area contributed by atoms with E-state index in [4.69, 9.17) is 38.9 Å². The summed E-state index contributed by atoms with van der Waals surface area (Å²) in [5.41, 5.74) is 9.38. The number of aromatic nitrogens is 6. The molecule has 0 bridgehead atoms. The Morgan fingerprint density at radius 2 is 0.634 bits per heavy atom. The van der Waals surface area contributed by atoms with Crippen LogP contribution >= 0.6 is 0 Å². The van der Waals surface area contributed by atoms with Crippen LogP contribution in [0.25, 0.3) is 45.1 Å². The fourth-order valence-corrected chi connectivity index (χ4v) is 9.20. The number of hydrogen-bond acceptors (Lipinski definition) is 12. The number of carbonyl (C=O) groups is 4. The summed E-state index contributed by atoms with van der Waals surface area (Å²) in [7, 11) is 0. The predicted octanol–water partition coefficient (Wildman–Crippen LogP) is 11.7. The van der Waals surface area contributed by atoms with Crippen LogP contribution in [0.1, 0.15) is 74.8 Å². The minimum Gasteiger partial charge on any atom is -0.489 e. The van der Waals surface area contributed by atoms with Crippen LogP contribution in [0.2, 0.25) is 0 Å². The first kappa shape index (κ1) is 52.9. The van der Waals surface area contributed by atoms with Gasteiger partial charge in [0.2, 0.25) is 0 Å². The van der Waals surface area contributed by atoms with Crippen molar-refractivity contribution in [2.45, 2.75) is 39.5 Å². The normalized spacial score (nSPS) is 11.1. The molecule has 0 radical (unpaired) electrons. The predicted molar refractivity (Wildman–Crippen MR) is 302 cm³/mol. The number of rotatable bonds is 22. The first-order valence-electron chi connectivity index (χ1n) is 25.7. The molecule has 0 saturated heterocycles. The van der Waals surface area contributed by atoms with Crippen molar-refractivity contribution in [1.29, 1.82) is 0 Å². The van der Waals surface area contributed by atoms with E-state index in [1.165, 1.54) is 48.5 Å². The quantitative estimate of drug-likeness (QED) is 0.0493. The second-order valence-electron chi connectivity index (χ2n) is 19.1. The van der Waals surface area contributed by atoms with Gasteiger partial charge in [-0.25, -0.2) is 39.1 Å². The third-order valence-electron chi connectivity index (χ3n) is 13.4. The maximum atomic E-state index is 11.5. The fraction of sp³-hybridized carbons (Fsp3) is 0.0938. The second-order valence-corrected chi connectivity index (χ2v) is 19.1. The minimum atomic E-state index is -1.03. The van der Waals surface area contributed by atoms with E-state index in [-0.39, 0.29) is 48.7 Å². The highest BCUT2D eigenvalue weighted by molar-refractivity contribution is 5.89. The molecule has 0 saturated carbocycles. The van der Waals surface area contributed by atoms with Crippen LogP contribution in [0, 0.1) is 0 Å². The maximum absolute atomic E-state index is 11.5. The zero-order valence-corrected chi connectivity index (χ0v) is 43.5. The molecular weight excluding hydrogens is 1040 g/mol. The zero-order chi connectivity index (χ0) is 56.7. The Bertz CT molecular complexity index is 3730. The highest BCUT2D eigenvalue weighted by atomic mass is 16.5. The van der Waals surface area contributed by atoms with E-state index in [2.05, 4.69) is 0 Å². The van der Waals surface area contributed by atoms with Crippen LogP contribution in [0.5, 0.6) is 23.0 Å². The molecule has 0 aliphatic rings. The number of carboxylic acid groups (broad SMARTS) is 4. The van der Waals surface area contributed by atoms with E-state index in [0.717, 1.165) is 55.4 Å². The van der Waals surface area contributed by atoms with E-state index >= 15 is 0 Å². The Kier molecular flexibility index (Phi) is 15.1. The molecule has 3 heterocycles. The van der Waals surface area contributed by atoms with Crippen LogP contribution in [0.3, 0.4) is 0 Å². The minimum absolute atomic E-state index is 0.146. The van der Waals surface area contributed by atoms with Gasteiger partial charge in [-0.2, -0.15) is 0 Å². The number of hydrogen-bond donors (Lipinski definition) is 4. The average molecular weight is 1090 g/mol. The Morgan fingerprint density at radius 3 is 0.902 bits per heavy atom. The molecule has 3 aromatic heterocycles. The number of aromatic carboxylic acids is 4. The van der Waals surface area contributed by atoms with E-state index in [1.807, 2.05) is 81.9 Å². The lowest BCUT2D eigenvalue weighted by atomic mass is 10.1. The number of ether oxygens (including phenoxy) is 4. The second kappa shape index (κ2) is 23.4. The van der Waals surface area contributed by atoms with Crippen molar-refractivity contribution in [2.24, 2.45) is 0 Å². The molecule has 11 rings (SSSR count). The molecule has 0 aliphatic heterocycles. The summed E-state index contributed by atoms with van der Waals surface area (Å²) in [6.45, 7) is 1.18. The van der Waals surface area contributed by atoms with Gasteiger partial charge in [0.1, 0.15) is 60.8 Å². The summed E-state index contributed by atoms with van der Waals surface area (Å²) >= 11 is 0. The Hall–Kier alpha value is -11.1. The number of benzene rings is 8. The Balaban J connectivity index is 0.895. The number of carboxylic acids is 4. The largest absolute Gasteiger partial charge is 0.489 e. The summed E-state index contributed by atoms with van der Waals surface area (Å²) in [5, 5.41) is 37.7. The molecular formula is C64H48N6O12. The van der Waals surface area contributed by atoms with E-state index in [9.17, 15) is 39.6 Å². The number of imidazole rings is 2. The van der Waals surface area contributed by atoms with E-state index < -0.39 is 23.9 Å². The molecule has 406 valence electrons. The monoisotopic (exact) mass is 1090 g/mol. The zero-order valence-electron chi connectivity index (χ0n) is 43.5. The lowest BCUT2D eigenvalue weighted by Crippen LogP contribution is -2.07. The van der Waals surface area contributed by atoms with Gasteiger partial charge in [0, 0.05) is 25.2 Å². The lowest BCUT2D eigenvalue weighted by molar-refractivity contribution is 0.0686. The van der Waals surface area contributed by atoms with Gasteiger partial charge >= 0.3 is 23.9 Å². The van der Waals surface area contributed by atoms with E-state index in [1.54, 1.807) is 73.1 Å². The van der Waals surface area contributed by atoms with Gasteiger partial charge < -0.3 is 48.5 Å². The molecule has 0 unspecified atom stereocenters. The molecule has 0 fully saturated rings. The smallest absolute Gasteiger partial charge is 0.335 e. The number of nitrogens with zero attached hydrogens (tertiary/aromatic N) is 6. The van der Waals surface area contributed by atoms with Gasteiger partial charge in [-0.3, -0.25) is 0 Å². The van der Waals surface area contributed by atoms with Gasteiger partial charge in [0.25, 0.3) is 0 Å². The van der Waals surface area contributed by atoms with Crippen LogP contribution in [-0.4, -0.2) is 73.4 Å². The first-order valence-corrected chi connectivity index (χ1v) is 25.7. The summed E-state index contributed by atoms with van der Waals surface area (Å²) in [4.78, 5) is 66.1. The summed E-state index contributed by atoms with van der Waals surface area (Å²) in [5.74, 6) is -1.05. The van der Waals surface area contributed by atoms with Crippen molar-refractivity contribution in [1.82, 2.24) is 29.1 Å². The van der Waals surface area contributed by atoms with Crippen molar-refractivity contribution in [2.75, 3.05) is 0 Å². The maximum Gasteiger partial charge on any atom is 0.335 e. The summed E-state index contributed by atoms with van der Waals surface area (Å²) in [6.07, 6.45) is 3.34. The molecule has 11 aromatic rings. The molecule has 0 amide bonds. The highest BCUT2D eigenvalue weighted by Gasteiger charge is 2.20. The molecule has 0 aliphatic carbocycles. The standard InChI is InChI=1S/C64H48N6O12/c71-61(72)45-17-9-39(10-18-45)35-79-49-25-43(26-50(29-49)80-36-40-11-19-46(20-12-40)62(73)74)33-69-57-7-3-1-5-53(57)67-59(69)55-31-66-56(32-65-55)60-68-54-6-2-4-8-58(54)70(60)34-44-27-51(81-37-41-13-21-47(22-14-41)63(75)76)30-52(28-44)82-38-42-15-23-48(24-16-42)64(77)78/h1-32H,33-38H2,(H,71,72)(H,73,74)(H,75,76)(H,77,78). The number of fused-ring (bicyclic) bond motifs is 2. The van der Waals surface area contributed by atoms with Crippen LogP contribution < -0.4 is 18.9 Å². The van der Waals surface area contributed by atoms with Crippen molar-refractivity contribution in [3.05, 3.63) is 250 Å².